The van der Waals surface area contributed by atoms with Crippen molar-refractivity contribution < 1.29 is 0 Å². The summed E-state index contributed by atoms with van der Waals surface area (Å²) in [6, 6.07) is 32.3. The number of rotatable bonds is 2. The summed E-state index contributed by atoms with van der Waals surface area (Å²) in [6.45, 7) is 0. The van der Waals surface area contributed by atoms with E-state index in [1.54, 1.807) is 0 Å². The molecule has 5 rings (SSSR count). The first-order chi connectivity index (χ1) is 13.8. The molecule has 3 heteroatoms. The number of aliphatic imine (C=N–C) groups is 1. The topological polar surface area (TPSA) is 12.4 Å². The molecule has 136 valence electrons. The van der Waals surface area contributed by atoms with Gasteiger partial charge in [0.15, 0.2) is 0 Å². The van der Waals surface area contributed by atoms with Gasteiger partial charge in [-0.05, 0) is 40.6 Å². The Morgan fingerprint density at radius 2 is 1.54 bits per heavy atom. The van der Waals surface area contributed by atoms with Crippen LogP contribution in [-0.2, 0) is 0 Å². The Kier molecular flexibility index (Phi) is 4.79. The molecule has 1 aliphatic rings. The van der Waals surface area contributed by atoms with Crippen LogP contribution < -0.4 is 0 Å². The van der Waals surface area contributed by atoms with Crippen molar-refractivity contribution in [2.45, 2.75) is 16.6 Å². The first-order valence-electron chi connectivity index (χ1n) is 9.35. The SMILES string of the molecule is Brc1ccc([C@@H]2CC(c3cccc4ccccc34)=Nc3ccccc3S2)cc1. The van der Waals surface area contributed by atoms with E-state index < -0.39 is 0 Å². The predicted molar refractivity (Wildman–Crippen MR) is 124 cm³/mol. The molecule has 0 saturated heterocycles. The average molecular weight is 444 g/mol. The van der Waals surface area contributed by atoms with Crippen molar-refractivity contribution in [1.29, 1.82) is 0 Å². The first kappa shape index (κ1) is 17.7. The summed E-state index contributed by atoms with van der Waals surface area (Å²) in [6.07, 6.45) is 0.898. The molecule has 0 spiro atoms. The van der Waals surface area contributed by atoms with Gasteiger partial charge in [-0.2, -0.15) is 0 Å². The Balaban J connectivity index is 1.67. The lowest BCUT2D eigenvalue weighted by Crippen LogP contribution is -2.06. The van der Waals surface area contributed by atoms with Crippen LogP contribution in [0.15, 0.2) is 105 Å². The summed E-state index contributed by atoms with van der Waals surface area (Å²) in [7, 11) is 0. The molecule has 1 heterocycles. The third-order valence-corrected chi connectivity index (χ3v) is 6.96. The molecule has 4 aromatic rings. The number of halogens is 1. The monoisotopic (exact) mass is 443 g/mol. The maximum absolute atomic E-state index is 5.14. The van der Waals surface area contributed by atoms with E-state index in [0.717, 1.165) is 22.3 Å². The summed E-state index contributed by atoms with van der Waals surface area (Å²) < 4.78 is 1.11. The normalized spacial score (nSPS) is 16.3. The lowest BCUT2D eigenvalue weighted by atomic mass is 9.96. The van der Waals surface area contributed by atoms with Crippen molar-refractivity contribution in [3.05, 3.63) is 107 Å². The molecule has 0 saturated carbocycles. The molecule has 0 fully saturated rings. The molecule has 1 atom stereocenters. The molecule has 0 unspecified atom stereocenters. The van der Waals surface area contributed by atoms with Gasteiger partial charge < -0.3 is 0 Å². The minimum Gasteiger partial charge on any atom is -0.252 e. The molecule has 1 aliphatic heterocycles. The second-order valence-corrected chi connectivity index (χ2v) is 9.08. The van der Waals surface area contributed by atoms with Crippen LogP contribution in [0.1, 0.15) is 22.8 Å². The molecule has 1 nitrogen and oxygen atoms in total. The number of hydrogen-bond donors (Lipinski definition) is 0. The van der Waals surface area contributed by atoms with Crippen molar-refractivity contribution in [2.75, 3.05) is 0 Å². The lowest BCUT2D eigenvalue weighted by molar-refractivity contribution is 1.01. The van der Waals surface area contributed by atoms with Crippen LogP contribution in [0, 0.1) is 0 Å². The molecular formula is C25H18BrNS. The number of hydrogen-bond acceptors (Lipinski definition) is 2. The zero-order valence-electron chi connectivity index (χ0n) is 15.2. The van der Waals surface area contributed by atoms with Gasteiger partial charge in [-0.3, -0.25) is 4.99 Å². The molecule has 0 aliphatic carbocycles. The second kappa shape index (κ2) is 7.57. The number of benzene rings is 4. The van der Waals surface area contributed by atoms with Crippen LogP contribution in [0.2, 0.25) is 0 Å². The highest BCUT2D eigenvalue weighted by Crippen LogP contribution is 2.46. The average Bonchev–Trinajstić information content (AvgIpc) is 2.93. The third-order valence-electron chi connectivity index (χ3n) is 5.11. The summed E-state index contributed by atoms with van der Waals surface area (Å²) in [5.74, 6) is 0. The molecular weight excluding hydrogens is 426 g/mol. The van der Waals surface area contributed by atoms with Gasteiger partial charge in [0.25, 0.3) is 0 Å². The van der Waals surface area contributed by atoms with Crippen LogP contribution in [0.3, 0.4) is 0 Å². The minimum absolute atomic E-state index is 0.328. The van der Waals surface area contributed by atoms with Gasteiger partial charge in [0.05, 0.1) is 11.4 Å². The number of nitrogens with zero attached hydrogens (tertiary/aromatic N) is 1. The Morgan fingerprint density at radius 3 is 2.43 bits per heavy atom. The van der Waals surface area contributed by atoms with Crippen LogP contribution in [0.5, 0.6) is 0 Å². The van der Waals surface area contributed by atoms with Gasteiger partial charge in [-0.1, -0.05) is 82.7 Å². The molecule has 28 heavy (non-hydrogen) atoms. The van der Waals surface area contributed by atoms with Gasteiger partial charge in [0.2, 0.25) is 0 Å². The van der Waals surface area contributed by atoms with Crippen molar-refractivity contribution in [3.8, 4) is 0 Å². The Hall–Kier alpha value is -2.36. The number of thioether (sulfide) groups is 1. The second-order valence-electron chi connectivity index (χ2n) is 6.92. The maximum atomic E-state index is 5.14. The third kappa shape index (κ3) is 3.41. The van der Waals surface area contributed by atoms with E-state index in [9.17, 15) is 0 Å². The lowest BCUT2D eigenvalue weighted by Gasteiger charge is -2.17. The Labute approximate surface area is 177 Å². The van der Waals surface area contributed by atoms with Gasteiger partial charge >= 0.3 is 0 Å². The van der Waals surface area contributed by atoms with Crippen molar-refractivity contribution in [1.82, 2.24) is 0 Å². The maximum Gasteiger partial charge on any atom is 0.0769 e. The minimum atomic E-state index is 0.328. The fourth-order valence-corrected chi connectivity index (χ4v) is 5.22. The summed E-state index contributed by atoms with van der Waals surface area (Å²) in [5, 5.41) is 2.85. The Bertz CT molecular complexity index is 1180. The van der Waals surface area contributed by atoms with Gasteiger partial charge in [0, 0.05) is 26.6 Å². The van der Waals surface area contributed by atoms with Crippen molar-refractivity contribution in [3.63, 3.8) is 0 Å². The summed E-state index contributed by atoms with van der Waals surface area (Å²) >= 11 is 5.47. The van der Waals surface area contributed by atoms with Crippen LogP contribution >= 0.6 is 27.7 Å². The van der Waals surface area contributed by atoms with Crippen LogP contribution in [-0.4, -0.2) is 5.71 Å². The fraction of sp³-hybridized carbons (Fsp3) is 0.0800. The highest BCUT2D eigenvalue weighted by atomic mass is 79.9. The van der Waals surface area contributed by atoms with Crippen molar-refractivity contribution >= 4 is 49.9 Å². The molecule has 0 N–H and O–H groups in total. The van der Waals surface area contributed by atoms with Gasteiger partial charge in [-0.25, -0.2) is 0 Å². The molecule has 0 aromatic heterocycles. The molecule has 0 bridgehead atoms. The smallest absolute Gasteiger partial charge is 0.0769 e. The first-order valence-corrected chi connectivity index (χ1v) is 11.0. The highest BCUT2D eigenvalue weighted by molar-refractivity contribution is 9.10. The van der Waals surface area contributed by atoms with E-state index in [0.29, 0.717) is 5.25 Å². The van der Waals surface area contributed by atoms with E-state index >= 15 is 0 Å². The summed E-state index contributed by atoms with van der Waals surface area (Å²) in [4.78, 5) is 6.38. The zero-order chi connectivity index (χ0) is 18.9. The summed E-state index contributed by atoms with van der Waals surface area (Å²) in [5.41, 5.74) is 4.78. The van der Waals surface area contributed by atoms with Gasteiger partial charge in [0.1, 0.15) is 0 Å². The van der Waals surface area contributed by atoms with Crippen LogP contribution in [0.25, 0.3) is 10.8 Å². The largest absolute Gasteiger partial charge is 0.252 e. The Morgan fingerprint density at radius 1 is 0.786 bits per heavy atom. The van der Waals surface area contributed by atoms with Crippen LogP contribution in [0.4, 0.5) is 5.69 Å². The fourth-order valence-electron chi connectivity index (χ4n) is 3.72. The molecule has 4 aromatic carbocycles. The van der Waals surface area contributed by atoms with E-state index in [2.05, 4.69) is 107 Å². The number of fused-ring (bicyclic) bond motifs is 2. The molecule has 0 radical (unpaired) electrons. The molecule has 0 amide bonds. The van der Waals surface area contributed by atoms with Gasteiger partial charge in [-0.15, -0.1) is 11.8 Å². The van der Waals surface area contributed by atoms with E-state index in [4.69, 9.17) is 4.99 Å². The number of para-hydroxylation sites is 1. The van der Waals surface area contributed by atoms with E-state index in [-0.39, 0.29) is 0 Å². The van der Waals surface area contributed by atoms with E-state index in [1.807, 2.05) is 11.8 Å². The zero-order valence-corrected chi connectivity index (χ0v) is 17.6. The van der Waals surface area contributed by atoms with E-state index in [1.165, 1.54) is 26.8 Å². The highest BCUT2D eigenvalue weighted by Gasteiger charge is 2.23. The quantitative estimate of drug-likeness (QED) is 0.306. The predicted octanol–water partition coefficient (Wildman–Crippen LogP) is 7.96. The standard InChI is InChI=1S/C25H18BrNS/c26-19-14-12-18(13-15-19)25-16-23(27-22-10-3-4-11-24(22)28-25)21-9-5-7-17-6-1-2-8-20(17)21/h1-15,25H,16H2/t25-/m0/s1. The van der Waals surface area contributed by atoms with Crippen molar-refractivity contribution in [2.24, 2.45) is 4.99 Å².